The number of hydrogen-bond acceptors (Lipinski definition) is 4. The molecule has 6 nitrogen and oxygen atoms in total. The van der Waals surface area contributed by atoms with Crippen LogP contribution < -0.4 is 15.8 Å². The van der Waals surface area contributed by atoms with Crippen LogP contribution in [0.3, 0.4) is 0 Å². The standard InChI is InChI=1S/C26H30FN3O3/c1-16(17-5-6-17)33-26(31)29-19-9-7-18(8-10-19)25-24(28)22-12-11-21(32-14-13-27)15-23(22)30(25)20-3-2-4-20/h7-12,15-17,20H,2-6,13-14,28H2,1H3,(H,29,31)/t16-/m1/s1. The molecule has 0 aliphatic heterocycles. The predicted molar refractivity (Wildman–Crippen MR) is 128 cm³/mol. The Hall–Kier alpha value is -3.22. The number of nitrogens with zero attached hydrogens (tertiary/aromatic N) is 1. The highest BCUT2D eigenvalue weighted by atomic mass is 19.1. The van der Waals surface area contributed by atoms with Crippen molar-refractivity contribution < 1.29 is 18.7 Å². The van der Waals surface area contributed by atoms with Crippen LogP contribution in [0, 0.1) is 5.92 Å². The highest BCUT2D eigenvalue weighted by molar-refractivity contribution is 6.01. The molecule has 2 aliphatic rings. The highest BCUT2D eigenvalue weighted by Crippen LogP contribution is 2.45. The molecule has 1 atom stereocenters. The van der Waals surface area contributed by atoms with Gasteiger partial charge in [0.2, 0.25) is 0 Å². The molecule has 7 heteroatoms. The molecule has 0 spiro atoms. The number of nitrogens with one attached hydrogen (secondary N) is 1. The van der Waals surface area contributed by atoms with Crippen molar-refractivity contribution in [1.82, 2.24) is 4.57 Å². The largest absolute Gasteiger partial charge is 0.491 e. The lowest BCUT2D eigenvalue weighted by Gasteiger charge is -2.30. The summed E-state index contributed by atoms with van der Waals surface area (Å²) in [4.78, 5) is 12.2. The van der Waals surface area contributed by atoms with Crippen LogP contribution in [0.4, 0.5) is 20.6 Å². The van der Waals surface area contributed by atoms with E-state index in [0.29, 0.717) is 29.1 Å². The fourth-order valence-corrected chi connectivity index (χ4v) is 4.57. The first kappa shape index (κ1) is 21.6. The van der Waals surface area contributed by atoms with E-state index in [9.17, 15) is 9.18 Å². The third-order valence-corrected chi connectivity index (χ3v) is 6.78. The second-order valence-corrected chi connectivity index (χ2v) is 9.08. The molecule has 2 aliphatic carbocycles. The molecular weight excluding hydrogens is 421 g/mol. The van der Waals surface area contributed by atoms with Crippen molar-refractivity contribution in [1.29, 1.82) is 0 Å². The lowest BCUT2D eigenvalue weighted by atomic mass is 9.92. The molecule has 0 radical (unpaired) electrons. The number of aromatic nitrogens is 1. The Morgan fingerprint density at radius 1 is 1.18 bits per heavy atom. The summed E-state index contributed by atoms with van der Waals surface area (Å²) >= 11 is 0. The SMILES string of the molecule is C[C@@H](OC(=O)Nc1ccc(-c2c(N)c3ccc(OCCF)cc3n2C2CCC2)cc1)C1CC1. The summed E-state index contributed by atoms with van der Waals surface area (Å²) in [6.45, 7) is 1.45. The smallest absolute Gasteiger partial charge is 0.411 e. The molecule has 2 fully saturated rings. The molecule has 0 unspecified atom stereocenters. The third-order valence-electron chi connectivity index (χ3n) is 6.78. The van der Waals surface area contributed by atoms with Gasteiger partial charge < -0.3 is 19.8 Å². The lowest BCUT2D eigenvalue weighted by molar-refractivity contribution is 0.108. The van der Waals surface area contributed by atoms with Crippen LogP contribution in [0.25, 0.3) is 22.2 Å². The second-order valence-electron chi connectivity index (χ2n) is 9.08. The van der Waals surface area contributed by atoms with Crippen molar-refractivity contribution in [2.24, 2.45) is 5.92 Å². The average molecular weight is 452 g/mol. The third kappa shape index (κ3) is 4.36. The molecule has 1 amide bonds. The monoisotopic (exact) mass is 451 g/mol. The summed E-state index contributed by atoms with van der Waals surface area (Å²) in [5, 5.41) is 3.78. The number of carbonyl (C=O) groups excluding carboxylic acids is 1. The van der Waals surface area contributed by atoms with Crippen molar-refractivity contribution in [2.45, 2.75) is 51.2 Å². The zero-order chi connectivity index (χ0) is 22.9. The van der Waals surface area contributed by atoms with Crippen molar-refractivity contribution in [3.63, 3.8) is 0 Å². The van der Waals surface area contributed by atoms with Crippen LogP contribution in [-0.2, 0) is 4.74 Å². The minimum absolute atomic E-state index is 0.0360. The van der Waals surface area contributed by atoms with Gasteiger partial charge in [-0.1, -0.05) is 12.1 Å². The van der Waals surface area contributed by atoms with Gasteiger partial charge in [0, 0.05) is 28.7 Å². The van der Waals surface area contributed by atoms with Crippen LogP contribution in [0.5, 0.6) is 5.75 Å². The Bertz CT molecular complexity index is 1150. The Balaban J connectivity index is 1.43. The topological polar surface area (TPSA) is 78.5 Å². The summed E-state index contributed by atoms with van der Waals surface area (Å²) in [5.41, 5.74) is 11.0. The number of fused-ring (bicyclic) bond motifs is 1. The Morgan fingerprint density at radius 3 is 2.58 bits per heavy atom. The summed E-state index contributed by atoms with van der Waals surface area (Å²) in [7, 11) is 0. The summed E-state index contributed by atoms with van der Waals surface area (Å²) in [6, 6.07) is 13.8. The zero-order valence-corrected chi connectivity index (χ0v) is 18.9. The number of nitrogens with two attached hydrogens (primary N) is 1. The number of carbonyl (C=O) groups is 1. The average Bonchev–Trinajstić information content (AvgIpc) is 3.58. The van der Waals surface area contributed by atoms with Gasteiger partial charge in [0.25, 0.3) is 0 Å². The number of anilines is 2. The molecule has 3 N–H and O–H groups in total. The molecule has 0 saturated heterocycles. The van der Waals surface area contributed by atoms with E-state index in [1.54, 1.807) is 0 Å². The molecule has 2 aromatic carbocycles. The van der Waals surface area contributed by atoms with Crippen molar-refractivity contribution in [3.05, 3.63) is 42.5 Å². The van der Waals surface area contributed by atoms with Gasteiger partial charge in [0.15, 0.2) is 0 Å². The van der Waals surface area contributed by atoms with E-state index >= 15 is 0 Å². The maximum Gasteiger partial charge on any atom is 0.411 e. The van der Waals surface area contributed by atoms with Crippen LogP contribution in [0.15, 0.2) is 42.5 Å². The molecule has 3 aromatic rings. The number of halogens is 1. The van der Waals surface area contributed by atoms with Crippen LogP contribution in [0.2, 0.25) is 0 Å². The van der Waals surface area contributed by atoms with Gasteiger partial charge in [-0.15, -0.1) is 0 Å². The Morgan fingerprint density at radius 2 is 1.94 bits per heavy atom. The van der Waals surface area contributed by atoms with E-state index in [1.807, 2.05) is 49.4 Å². The van der Waals surface area contributed by atoms with Crippen molar-refractivity contribution in [2.75, 3.05) is 24.3 Å². The second kappa shape index (κ2) is 8.96. The fourth-order valence-electron chi connectivity index (χ4n) is 4.57. The molecule has 5 rings (SSSR count). The van der Waals surface area contributed by atoms with Gasteiger partial charge in [0.1, 0.15) is 25.1 Å². The van der Waals surface area contributed by atoms with Gasteiger partial charge in [0.05, 0.1) is 16.9 Å². The molecule has 33 heavy (non-hydrogen) atoms. The van der Waals surface area contributed by atoms with Gasteiger partial charge in [-0.2, -0.15) is 0 Å². The Kier molecular flexibility index (Phi) is 5.87. The van der Waals surface area contributed by atoms with Gasteiger partial charge in [-0.05, 0) is 69.2 Å². The van der Waals surface area contributed by atoms with E-state index in [0.717, 1.165) is 47.8 Å². The molecule has 174 valence electrons. The number of ether oxygens (including phenoxy) is 2. The molecule has 1 heterocycles. The van der Waals surface area contributed by atoms with Gasteiger partial charge in [-0.25, -0.2) is 9.18 Å². The summed E-state index contributed by atoms with van der Waals surface area (Å²) < 4.78 is 25.9. The number of hydrogen-bond donors (Lipinski definition) is 2. The Labute approximate surface area is 192 Å². The first-order chi connectivity index (χ1) is 16.0. The summed E-state index contributed by atoms with van der Waals surface area (Å²) in [5.74, 6) is 1.14. The maximum atomic E-state index is 12.6. The molecule has 0 bridgehead atoms. The number of amides is 1. The number of benzene rings is 2. The van der Waals surface area contributed by atoms with Crippen molar-refractivity contribution in [3.8, 4) is 17.0 Å². The van der Waals surface area contributed by atoms with Crippen LogP contribution in [0.1, 0.15) is 45.1 Å². The van der Waals surface area contributed by atoms with Gasteiger partial charge >= 0.3 is 6.09 Å². The zero-order valence-electron chi connectivity index (χ0n) is 18.9. The van der Waals surface area contributed by atoms with E-state index in [2.05, 4.69) is 9.88 Å². The van der Waals surface area contributed by atoms with E-state index in [4.69, 9.17) is 15.2 Å². The van der Waals surface area contributed by atoms with Crippen LogP contribution in [-0.4, -0.2) is 30.0 Å². The highest BCUT2D eigenvalue weighted by Gasteiger charge is 2.31. The minimum atomic E-state index is -0.525. The maximum absolute atomic E-state index is 12.6. The first-order valence-electron chi connectivity index (χ1n) is 11.8. The summed E-state index contributed by atoms with van der Waals surface area (Å²) in [6.07, 6.45) is 5.15. The lowest BCUT2D eigenvalue weighted by Crippen LogP contribution is -2.21. The van der Waals surface area contributed by atoms with E-state index < -0.39 is 12.8 Å². The van der Waals surface area contributed by atoms with Gasteiger partial charge in [-0.3, -0.25) is 5.32 Å². The normalized spacial score (nSPS) is 16.9. The molecule has 1 aromatic heterocycles. The first-order valence-corrected chi connectivity index (χ1v) is 11.8. The van der Waals surface area contributed by atoms with E-state index in [-0.39, 0.29) is 12.7 Å². The fraction of sp³-hybridized carbons (Fsp3) is 0.423. The van der Waals surface area contributed by atoms with Crippen molar-refractivity contribution >= 4 is 28.4 Å². The van der Waals surface area contributed by atoms with E-state index in [1.165, 1.54) is 6.42 Å². The van der Waals surface area contributed by atoms with Crippen LogP contribution >= 0.6 is 0 Å². The molecular formula is C26H30FN3O3. The number of rotatable bonds is 8. The predicted octanol–water partition coefficient (Wildman–Crippen LogP) is 6.31. The molecule has 2 saturated carbocycles. The number of alkyl halides is 1. The minimum Gasteiger partial charge on any atom is -0.491 e. The quantitative estimate of drug-likeness (QED) is 0.421. The number of nitrogen functional groups attached to an aromatic ring is 1.